The smallest absolute Gasteiger partial charge is 0.243 e. The highest BCUT2D eigenvalue weighted by molar-refractivity contribution is 5.88. The van der Waals surface area contributed by atoms with Crippen LogP contribution in [0.25, 0.3) is 0 Å². The number of likely N-dealkylation sites (tertiary alicyclic amines) is 1. The number of fused-ring (bicyclic) bond motifs is 1. The molecule has 1 aromatic carbocycles. The van der Waals surface area contributed by atoms with Gasteiger partial charge >= 0.3 is 0 Å². The molecule has 2 N–H and O–H groups in total. The molecule has 0 bridgehead atoms. The number of aliphatic hydroxyl groups excluding tert-OH is 1. The fourth-order valence-corrected chi connectivity index (χ4v) is 4.35. The van der Waals surface area contributed by atoms with Crippen LogP contribution >= 0.6 is 0 Å². The summed E-state index contributed by atoms with van der Waals surface area (Å²) < 4.78 is 0. The summed E-state index contributed by atoms with van der Waals surface area (Å²) in [6.45, 7) is 6.07. The molecule has 0 aromatic heterocycles. The van der Waals surface area contributed by atoms with Crippen molar-refractivity contribution in [2.75, 3.05) is 6.54 Å². The van der Waals surface area contributed by atoms with Gasteiger partial charge in [-0.05, 0) is 35.8 Å². The molecule has 136 valence electrons. The predicted octanol–water partition coefficient (Wildman–Crippen LogP) is 2.04. The van der Waals surface area contributed by atoms with Crippen molar-refractivity contribution in [1.29, 1.82) is 0 Å². The minimum absolute atomic E-state index is 0.0380. The molecule has 2 amide bonds. The molecular formula is C20H28N2O3. The average Bonchev–Trinajstić information content (AvgIpc) is 2.97. The van der Waals surface area contributed by atoms with Crippen molar-refractivity contribution in [3.05, 3.63) is 35.4 Å². The lowest BCUT2D eigenvalue weighted by Gasteiger charge is -2.37. The van der Waals surface area contributed by atoms with Gasteiger partial charge in [0.1, 0.15) is 6.04 Å². The van der Waals surface area contributed by atoms with Gasteiger partial charge in [-0.2, -0.15) is 0 Å². The second-order valence-electron chi connectivity index (χ2n) is 7.71. The molecule has 5 heteroatoms. The zero-order valence-corrected chi connectivity index (χ0v) is 15.2. The Balaban J connectivity index is 1.84. The van der Waals surface area contributed by atoms with Crippen LogP contribution in [-0.4, -0.2) is 40.5 Å². The highest BCUT2D eigenvalue weighted by atomic mass is 16.3. The third-order valence-electron chi connectivity index (χ3n) is 5.71. The van der Waals surface area contributed by atoms with Crippen molar-refractivity contribution < 1.29 is 14.7 Å². The summed E-state index contributed by atoms with van der Waals surface area (Å²) >= 11 is 0. The second kappa shape index (κ2) is 7.16. The van der Waals surface area contributed by atoms with Gasteiger partial charge < -0.3 is 15.3 Å². The van der Waals surface area contributed by atoms with Crippen LogP contribution in [0, 0.1) is 11.8 Å². The van der Waals surface area contributed by atoms with Crippen LogP contribution in [0.5, 0.6) is 0 Å². The van der Waals surface area contributed by atoms with Crippen LogP contribution in [0.3, 0.4) is 0 Å². The van der Waals surface area contributed by atoms with Crippen LogP contribution in [-0.2, 0) is 16.0 Å². The van der Waals surface area contributed by atoms with Gasteiger partial charge in [0.25, 0.3) is 0 Å². The molecule has 0 saturated carbocycles. The fraction of sp³-hybridized carbons (Fsp3) is 0.600. The summed E-state index contributed by atoms with van der Waals surface area (Å²) in [5.74, 6) is 0.507. The van der Waals surface area contributed by atoms with E-state index in [0.717, 1.165) is 12.8 Å². The first-order valence-electron chi connectivity index (χ1n) is 9.22. The Morgan fingerprint density at radius 3 is 2.68 bits per heavy atom. The number of hydrogen-bond donors (Lipinski definition) is 2. The predicted molar refractivity (Wildman–Crippen MR) is 95.8 cm³/mol. The molecule has 0 radical (unpaired) electrons. The Kier molecular flexibility index (Phi) is 5.13. The molecule has 25 heavy (non-hydrogen) atoms. The molecule has 1 fully saturated rings. The van der Waals surface area contributed by atoms with E-state index in [0.29, 0.717) is 18.3 Å². The number of nitrogens with one attached hydrogen (secondary N) is 1. The maximum atomic E-state index is 12.9. The summed E-state index contributed by atoms with van der Waals surface area (Å²) in [5, 5.41) is 13.1. The molecule has 2 aliphatic rings. The average molecular weight is 344 g/mol. The number of amides is 2. The Morgan fingerprint density at radius 2 is 2.00 bits per heavy atom. The van der Waals surface area contributed by atoms with E-state index < -0.39 is 12.1 Å². The summed E-state index contributed by atoms with van der Waals surface area (Å²) in [6, 6.07) is 7.67. The first kappa shape index (κ1) is 17.9. The number of benzene rings is 1. The highest BCUT2D eigenvalue weighted by Crippen LogP contribution is 2.38. The van der Waals surface area contributed by atoms with E-state index in [4.69, 9.17) is 0 Å². The third kappa shape index (κ3) is 3.56. The quantitative estimate of drug-likeness (QED) is 0.882. The Labute approximate surface area is 149 Å². The number of nitrogens with zero attached hydrogens (tertiary/aromatic N) is 1. The maximum absolute atomic E-state index is 12.9. The van der Waals surface area contributed by atoms with Gasteiger partial charge in [0.15, 0.2) is 0 Å². The minimum atomic E-state index is -0.626. The molecule has 5 nitrogen and oxygen atoms in total. The van der Waals surface area contributed by atoms with Crippen LogP contribution < -0.4 is 5.32 Å². The highest BCUT2D eigenvalue weighted by Gasteiger charge is 2.40. The topological polar surface area (TPSA) is 69.6 Å². The Bertz CT molecular complexity index is 658. The maximum Gasteiger partial charge on any atom is 0.243 e. The summed E-state index contributed by atoms with van der Waals surface area (Å²) in [7, 11) is 0. The SMILES string of the molecule is CC(=O)N1C[C@H](O)C[C@@H]1C(=O)N[C@H]1c2ccccc2CC[C@H]1C(C)C. The van der Waals surface area contributed by atoms with Crippen molar-refractivity contribution in [3.8, 4) is 0 Å². The van der Waals surface area contributed by atoms with Gasteiger partial charge in [-0.15, -0.1) is 0 Å². The largest absolute Gasteiger partial charge is 0.391 e. The summed E-state index contributed by atoms with van der Waals surface area (Å²) in [5.41, 5.74) is 2.48. The van der Waals surface area contributed by atoms with Crippen LogP contribution in [0.15, 0.2) is 24.3 Å². The van der Waals surface area contributed by atoms with E-state index in [2.05, 4.69) is 31.3 Å². The zero-order chi connectivity index (χ0) is 18.1. The molecule has 0 spiro atoms. The second-order valence-corrected chi connectivity index (χ2v) is 7.71. The number of aryl methyl sites for hydroxylation is 1. The monoisotopic (exact) mass is 344 g/mol. The zero-order valence-electron chi connectivity index (χ0n) is 15.2. The Morgan fingerprint density at radius 1 is 1.28 bits per heavy atom. The van der Waals surface area contributed by atoms with E-state index in [1.54, 1.807) is 0 Å². The standard InChI is InChI=1S/C20H28N2O3/c1-12(2)16-9-8-14-6-4-5-7-17(14)19(16)21-20(25)18-10-15(24)11-22(18)13(3)23/h4-7,12,15-16,18-19,24H,8-11H2,1-3H3,(H,21,25)/t15-,16+,18-,19-/m1/s1. The van der Waals surface area contributed by atoms with E-state index in [1.807, 2.05) is 12.1 Å². The van der Waals surface area contributed by atoms with E-state index in [1.165, 1.54) is 23.0 Å². The normalized spacial score (nSPS) is 28.8. The number of aliphatic hydroxyl groups is 1. The minimum Gasteiger partial charge on any atom is -0.391 e. The molecular weight excluding hydrogens is 316 g/mol. The van der Waals surface area contributed by atoms with Crippen molar-refractivity contribution in [2.24, 2.45) is 11.8 Å². The van der Waals surface area contributed by atoms with E-state index in [-0.39, 0.29) is 24.4 Å². The molecule has 1 saturated heterocycles. The number of rotatable bonds is 3. The number of β-amino-alcohol motifs (C(OH)–C–C–N with tert-alkyl or cyclic N) is 1. The van der Waals surface area contributed by atoms with E-state index in [9.17, 15) is 14.7 Å². The van der Waals surface area contributed by atoms with Gasteiger partial charge in [0.05, 0.1) is 12.1 Å². The first-order valence-corrected chi connectivity index (χ1v) is 9.22. The van der Waals surface area contributed by atoms with Gasteiger partial charge in [-0.25, -0.2) is 0 Å². The van der Waals surface area contributed by atoms with Crippen LogP contribution in [0.4, 0.5) is 0 Å². The molecule has 3 rings (SSSR count). The fourth-order valence-electron chi connectivity index (χ4n) is 4.35. The lowest BCUT2D eigenvalue weighted by molar-refractivity contribution is -0.137. The van der Waals surface area contributed by atoms with Gasteiger partial charge in [0.2, 0.25) is 11.8 Å². The van der Waals surface area contributed by atoms with Crippen LogP contribution in [0.2, 0.25) is 0 Å². The van der Waals surface area contributed by atoms with Gasteiger partial charge in [-0.3, -0.25) is 9.59 Å². The summed E-state index contributed by atoms with van der Waals surface area (Å²) in [4.78, 5) is 26.2. The number of carbonyl (C=O) groups excluding carboxylic acids is 2. The van der Waals surface area contributed by atoms with Crippen molar-refractivity contribution >= 4 is 11.8 Å². The van der Waals surface area contributed by atoms with Crippen molar-refractivity contribution in [2.45, 2.75) is 58.2 Å². The van der Waals surface area contributed by atoms with Crippen molar-refractivity contribution in [1.82, 2.24) is 10.2 Å². The van der Waals surface area contributed by atoms with Gasteiger partial charge in [-0.1, -0.05) is 38.1 Å². The van der Waals surface area contributed by atoms with E-state index >= 15 is 0 Å². The first-order chi connectivity index (χ1) is 11.9. The molecule has 1 aliphatic carbocycles. The van der Waals surface area contributed by atoms with Gasteiger partial charge in [0, 0.05) is 19.9 Å². The lowest BCUT2D eigenvalue weighted by atomic mass is 9.74. The number of hydrogen-bond acceptors (Lipinski definition) is 3. The molecule has 1 aromatic rings. The lowest BCUT2D eigenvalue weighted by Crippen LogP contribution is -2.48. The molecule has 4 atom stereocenters. The third-order valence-corrected chi connectivity index (χ3v) is 5.71. The Hall–Kier alpha value is -1.88. The van der Waals surface area contributed by atoms with Crippen LogP contribution in [0.1, 0.15) is 50.8 Å². The summed E-state index contributed by atoms with van der Waals surface area (Å²) in [6.07, 6.45) is 1.77. The molecule has 1 heterocycles. The van der Waals surface area contributed by atoms with Crippen molar-refractivity contribution in [3.63, 3.8) is 0 Å². The number of carbonyl (C=O) groups is 2. The molecule has 0 unspecified atom stereocenters. The molecule has 1 aliphatic heterocycles.